The van der Waals surface area contributed by atoms with E-state index >= 15 is 0 Å². The lowest BCUT2D eigenvalue weighted by atomic mass is 10.2. The third-order valence-electron chi connectivity index (χ3n) is 4.41. The van der Waals surface area contributed by atoms with Crippen molar-refractivity contribution in [1.29, 1.82) is 0 Å². The van der Waals surface area contributed by atoms with Gasteiger partial charge in [-0.15, -0.1) is 0 Å². The van der Waals surface area contributed by atoms with Crippen LogP contribution in [0.4, 0.5) is 0 Å². The molecule has 6 heteroatoms. The number of ether oxygens (including phenoxy) is 1. The van der Waals surface area contributed by atoms with E-state index in [1.807, 2.05) is 54.7 Å². The topological polar surface area (TPSA) is 66.5 Å². The summed E-state index contributed by atoms with van der Waals surface area (Å²) in [5.74, 6) is 0.463. The summed E-state index contributed by atoms with van der Waals surface area (Å²) in [5, 5.41) is 5.60. The Bertz CT molecular complexity index is 1150. The minimum absolute atomic E-state index is 0.301. The first-order chi connectivity index (χ1) is 14.2. The van der Waals surface area contributed by atoms with E-state index in [1.54, 1.807) is 30.5 Å². The van der Waals surface area contributed by atoms with Crippen LogP contribution < -0.4 is 10.2 Å². The number of benzene rings is 3. The van der Waals surface area contributed by atoms with Gasteiger partial charge in [-0.3, -0.25) is 4.79 Å². The van der Waals surface area contributed by atoms with Crippen LogP contribution in [0.5, 0.6) is 5.75 Å². The minimum Gasteiger partial charge on any atom is -0.489 e. The van der Waals surface area contributed by atoms with Crippen LogP contribution in [-0.4, -0.2) is 17.1 Å². The molecule has 0 saturated carbocycles. The summed E-state index contributed by atoms with van der Waals surface area (Å²) in [5.41, 5.74) is 5.93. The number of H-pyrrole nitrogens is 1. The van der Waals surface area contributed by atoms with Gasteiger partial charge >= 0.3 is 0 Å². The number of nitrogens with zero attached hydrogens (tertiary/aromatic N) is 1. The highest BCUT2D eigenvalue weighted by molar-refractivity contribution is 6.30. The standard InChI is InChI=1S/C23H18ClN3O2/c24-19-8-6-17(7-9-19)23(28)27-26-14-18-13-25-22-11-10-20(12-21(18)22)29-15-16-4-2-1-3-5-16/h1-14,25H,15H2,(H,27,28)/b26-14-. The molecule has 0 bridgehead atoms. The lowest BCUT2D eigenvalue weighted by molar-refractivity contribution is 0.0955. The first-order valence-electron chi connectivity index (χ1n) is 9.06. The zero-order chi connectivity index (χ0) is 20.1. The van der Waals surface area contributed by atoms with E-state index < -0.39 is 0 Å². The molecule has 5 nitrogen and oxygen atoms in total. The van der Waals surface area contributed by atoms with Crippen LogP contribution in [0.2, 0.25) is 5.02 Å². The third kappa shape index (κ3) is 4.65. The van der Waals surface area contributed by atoms with Crippen molar-refractivity contribution in [3.8, 4) is 5.75 Å². The molecule has 0 radical (unpaired) electrons. The Morgan fingerprint density at radius 3 is 2.66 bits per heavy atom. The number of rotatable bonds is 6. The van der Waals surface area contributed by atoms with E-state index in [1.165, 1.54) is 0 Å². The smallest absolute Gasteiger partial charge is 0.271 e. The van der Waals surface area contributed by atoms with E-state index in [2.05, 4.69) is 15.5 Å². The molecule has 0 aliphatic carbocycles. The van der Waals surface area contributed by atoms with Crippen LogP contribution in [-0.2, 0) is 6.61 Å². The van der Waals surface area contributed by atoms with Gasteiger partial charge in [-0.05, 0) is 48.0 Å². The highest BCUT2D eigenvalue weighted by Crippen LogP contribution is 2.23. The zero-order valence-corrected chi connectivity index (χ0v) is 16.2. The lowest BCUT2D eigenvalue weighted by Crippen LogP contribution is -2.17. The molecule has 144 valence electrons. The normalized spacial score (nSPS) is 11.1. The number of hydrazone groups is 1. The van der Waals surface area contributed by atoms with Crippen molar-refractivity contribution >= 4 is 34.6 Å². The molecule has 0 saturated heterocycles. The van der Waals surface area contributed by atoms with Gasteiger partial charge in [-0.1, -0.05) is 41.9 Å². The molecule has 0 aliphatic heterocycles. The Morgan fingerprint density at radius 1 is 1.07 bits per heavy atom. The molecule has 29 heavy (non-hydrogen) atoms. The molecule has 4 rings (SSSR count). The molecule has 1 aromatic heterocycles. The van der Waals surface area contributed by atoms with E-state index in [4.69, 9.17) is 16.3 Å². The van der Waals surface area contributed by atoms with Gasteiger partial charge in [0.2, 0.25) is 0 Å². The Hall–Kier alpha value is -3.57. The van der Waals surface area contributed by atoms with Gasteiger partial charge in [0.25, 0.3) is 5.91 Å². The van der Waals surface area contributed by atoms with E-state index in [9.17, 15) is 4.79 Å². The van der Waals surface area contributed by atoms with Gasteiger partial charge in [0.15, 0.2) is 0 Å². The second-order valence-electron chi connectivity index (χ2n) is 6.43. The maximum absolute atomic E-state index is 12.1. The summed E-state index contributed by atoms with van der Waals surface area (Å²) in [6, 6.07) is 22.5. The fraction of sp³-hybridized carbons (Fsp3) is 0.0435. The predicted molar refractivity (Wildman–Crippen MR) is 116 cm³/mol. The highest BCUT2D eigenvalue weighted by atomic mass is 35.5. The summed E-state index contributed by atoms with van der Waals surface area (Å²) >= 11 is 5.84. The van der Waals surface area contributed by atoms with Crippen molar-refractivity contribution in [3.63, 3.8) is 0 Å². The number of carbonyl (C=O) groups is 1. The van der Waals surface area contributed by atoms with Gasteiger partial charge in [-0.25, -0.2) is 5.43 Å². The quantitative estimate of drug-likeness (QED) is 0.344. The fourth-order valence-corrected chi connectivity index (χ4v) is 3.01. The number of aromatic amines is 1. The van der Waals surface area contributed by atoms with Crippen LogP contribution >= 0.6 is 11.6 Å². The molecule has 4 aromatic rings. The van der Waals surface area contributed by atoms with Crippen molar-refractivity contribution in [2.45, 2.75) is 6.61 Å². The monoisotopic (exact) mass is 403 g/mol. The van der Waals surface area contributed by atoms with Crippen LogP contribution in [0.15, 0.2) is 84.1 Å². The molecule has 0 aliphatic rings. The molecule has 3 aromatic carbocycles. The van der Waals surface area contributed by atoms with Crippen molar-refractivity contribution in [2.75, 3.05) is 0 Å². The molecule has 0 spiro atoms. The van der Waals surface area contributed by atoms with Gasteiger partial charge in [-0.2, -0.15) is 5.10 Å². The number of amides is 1. The number of fused-ring (bicyclic) bond motifs is 1. The molecule has 2 N–H and O–H groups in total. The van der Waals surface area contributed by atoms with Crippen LogP contribution in [0, 0.1) is 0 Å². The largest absolute Gasteiger partial charge is 0.489 e. The highest BCUT2D eigenvalue weighted by Gasteiger charge is 2.06. The molecule has 0 unspecified atom stereocenters. The first kappa shape index (κ1) is 18.8. The molecular formula is C23H18ClN3O2. The zero-order valence-electron chi connectivity index (χ0n) is 15.4. The van der Waals surface area contributed by atoms with E-state index in [0.717, 1.165) is 27.8 Å². The maximum Gasteiger partial charge on any atom is 0.271 e. The SMILES string of the molecule is O=C(N/N=C\c1c[nH]c2ccc(OCc3ccccc3)cc12)c1ccc(Cl)cc1. The number of hydrogen-bond donors (Lipinski definition) is 2. The second-order valence-corrected chi connectivity index (χ2v) is 6.87. The number of halogens is 1. The number of hydrogen-bond acceptors (Lipinski definition) is 3. The second kappa shape index (κ2) is 8.63. The van der Waals surface area contributed by atoms with Crippen LogP contribution in [0.3, 0.4) is 0 Å². The first-order valence-corrected chi connectivity index (χ1v) is 9.44. The van der Waals surface area contributed by atoms with Crippen molar-refractivity contribution < 1.29 is 9.53 Å². The Labute approximate surface area is 173 Å². The molecule has 0 fully saturated rings. The van der Waals surface area contributed by atoms with E-state index in [0.29, 0.717) is 17.2 Å². The number of nitrogens with one attached hydrogen (secondary N) is 2. The molecule has 1 amide bonds. The Balaban J connectivity index is 1.45. The molecular weight excluding hydrogens is 386 g/mol. The summed E-state index contributed by atoms with van der Waals surface area (Å²) in [7, 11) is 0. The average Bonchev–Trinajstić information content (AvgIpc) is 3.16. The molecule has 1 heterocycles. The Morgan fingerprint density at radius 2 is 1.86 bits per heavy atom. The van der Waals surface area contributed by atoms with Gasteiger partial charge in [0.1, 0.15) is 12.4 Å². The van der Waals surface area contributed by atoms with Crippen molar-refractivity contribution in [2.24, 2.45) is 5.10 Å². The fourth-order valence-electron chi connectivity index (χ4n) is 2.89. The van der Waals surface area contributed by atoms with Crippen LogP contribution in [0.1, 0.15) is 21.5 Å². The minimum atomic E-state index is -0.301. The predicted octanol–water partition coefficient (Wildman–Crippen LogP) is 5.16. The lowest BCUT2D eigenvalue weighted by Gasteiger charge is -2.06. The molecule has 0 atom stereocenters. The Kier molecular flexibility index (Phi) is 5.59. The van der Waals surface area contributed by atoms with Crippen molar-refractivity contribution in [3.05, 3.63) is 101 Å². The van der Waals surface area contributed by atoms with E-state index in [-0.39, 0.29) is 5.91 Å². The number of aromatic nitrogens is 1. The summed E-state index contributed by atoms with van der Waals surface area (Å²) < 4.78 is 5.90. The average molecular weight is 404 g/mol. The third-order valence-corrected chi connectivity index (χ3v) is 4.66. The number of carbonyl (C=O) groups excluding carboxylic acids is 1. The maximum atomic E-state index is 12.1. The summed E-state index contributed by atoms with van der Waals surface area (Å²) in [6.45, 7) is 0.497. The van der Waals surface area contributed by atoms with Crippen molar-refractivity contribution in [1.82, 2.24) is 10.4 Å². The summed E-state index contributed by atoms with van der Waals surface area (Å²) in [4.78, 5) is 15.3. The van der Waals surface area contributed by atoms with Gasteiger partial charge in [0, 0.05) is 33.2 Å². The van der Waals surface area contributed by atoms with Crippen LogP contribution in [0.25, 0.3) is 10.9 Å². The van der Waals surface area contributed by atoms with Gasteiger partial charge < -0.3 is 9.72 Å². The summed E-state index contributed by atoms with van der Waals surface area (Å²) in [6.07, 6.45) is 3.44. The van der Waals surface area contributed by atoms with Gasteiger partial charge in [0.05, 0.1) is 6.21 Å².